The monoisotopic (exact) mass is 193 g/mol. The summed E-state index contributed by atoms with van der Waals surface area (Å²) >= 11 is 4.09. The highest BCUT2D eigenvalue weighted by Gasteiger charge is 1.74. The molecule has 0 fully saturated rings. The molecule has 68 valence electrons. The van der Waals surface area contributed by atoms with Gasteiger partial charge in [-0.15, -0.1) is 0 Å². The van der Waals surface area contributed by atoms with Crippen LogP contribution in [0.4, 0.5) is 0 Å². The van der Waals surface area contributed by atoms with Gasteiger partial charge in [-0.2, -0.15) is 4.99 Å². The molecular weight excluding hydrogens is 182 g/mol. The zero-order chi connectivity index (χ0) is 10.1. The van der Waals surface area contributed by atoms with E-state index in [0.29, 0.717) is 0 Å². The van der Waals surface area contributed by atoms with Gasteiger partial charge in [0.05, 0.1) is 5.16 Å². The van der Waals surface area contributed by atoms with Crippen LogP contribution in [0.2, 0.25) is 0 Å². The van der Waals surface area contributed by atoms with Gasteiger partial charge in [0.2, 0.25) is 0 Å². The van der Waals surface area contributed by atoms with Crippen molar-refractivity contribution in [2.75, 3.05) is 0 Å². The molecule has 0 aliphatic carbocycles. The molecule has 0 aliphatic rings. The van der Waals surface area contributed by atoms with Gasteiger partial charge in [-0.1, -0.05) is 35.9 Å². The maximum Gasteiger partial charge on any atom is 0.251 e. The van der Waals surface area contributed by atoms with E-state index < -0.39 is 0 Å². The topological polar surface area (TPSA) is 29.4 Å². The third-order valence-corrected chi connectivity index (χ3v) is 1.23. The van der Waals surface area contributed by atoms with Crippen LogP contribution in [0.1, 0.15) is 12.5 Å². The van der Waals surface area contributed by atoms with E-state index >= 15 is 0 Å². The van der Waals surface area contributed by atoms with Crippen LogP contribution < -0.4 is 0 Å². The minimum absolute atomic E-state index is 0.301. The van der Waals surface area contributed by atoms with Gasteiger partial charge in [0.1, 0.15) is 0 Å². The predicted molar refractivity (Wildman–Crippen MR) is 56.9 cm³/mol. The van der Waals surface area contributed by atoms with Gasteiger partial charge in [0.15, 0.2) is 0 Å². The number of isothiocyanates is 1. The molecule has 0 saturated heterocycles. The van der Waals surface area contributed by atoms with E-state index in [1.54, 1.807) is 0 Å². The van der Waals surface area contributed by atoms with Crippen LogP contribution in [-0.4, -0.2) is 11.1 Å². The Hall–Kier alpha value is -1.31. The Morgan fingerprint density at radius 3 is 2.08 bits per heavy atom. The zero-order valence-electron chi connectivity index (χ0n) is 7.65. The van der Waals surface area contributed by atoms with Crippen LogP contribution in [0.15, 0.2) is 35.3 Å². The van der Waals surface area contributed by atoms with E-state index in [2.05, 4.69) is 36.3 Å². The van der Waals surface area contributed by atoms with Gasteiger partial charge in [-0.05, 0) is 19.1 Å². The second-order valence-corrected chi connectivity index (χ2v) is 2.56. The third kappa shape index (κ3) is 8.60. The average molecular weight is 193 g/mol. The maximum atomic E-state index is 9.75. The van der Waals surface area contributed by atoms with E-state index in [4.69, 9.17) is 0 Å². The largest absolute Gasteiger partial charge is 0.272 e. The summed E-state index contributed by atoms with van der Waals surface area (Å²) in [5, 5.41) is 1.93. The maximum absolute atomic E-state index is 9.75. The van der Waals surface area contributed by atoms with Crippen molar-refractivity contribution >= 4 is 23.3 Å². The van der Waals surface area contributed by atoms with Crippen molar-refractivity contribution in [1.82, 2.24) is 0 Å². The molecule has 0 bridgehead atoms. The standard InChI is InChI=1S/C7H8.C3H3NOS/c1-7-5-3-2-4-6-7;1-3(5)4-2-6/h2-6H,1H3;1H3. The Morgan fingerprint density at radius 1 is 1.38 bits per heavy atom. The van der Waals surface area contributed by atoms with Crippen molar-refractivity contribution < 1.29 is 4.79 Å². The predicted octanol–water partition coefficient (Wildman–Crippen LogP) is 2.63. The minimum atomic E-state index is -0.301. The SMILES string of the molecule is CC(=O)N=C=S.Cc1ccccc1. The number of carbonyl (C=O) groups excluding carboxylic acids is 1. The van der Waals surface area contributed by atoms with Crippen LogP contribution in [-0.2, 0) is 4.79 Å². The average Bonchev–Trinajstić information content (AvgIpc) is 2.06. The molecule has 0 unspecified atom stereocenters. The van der Waals surface area contributed by atoms with Crippen molar-refractivity contribution in [2.45, 2.75) is 13.8 Å². The summed E-state index contributed by atoms with van der Waals surface area (Å²) in [7, 11) is 0. The molecule has 0 aliphatic heterocycles. The zero-order valence-corrected chi connectivity index (χ0v) is 8.47. The smallest absolute Gasteiger partial charge is 0.251 e. The van der Waals surface area contributed by atoms with Gasteiger partial charge < -0.3 is 0 Å². The van der Waals surface area contributed by atoms with E-state index in [1.165, 1.54) is 12.5 Å². The molecule has 0 saturated carbocycles. The van der Waals surface area contributed by atoms with E-state index in [9.17, 15) is 4.79 Å². The highest BCUT2D eigenvalue weighted by molar-refractivity contribution is 7.78. The molecule has 0 aromatic heterocycles. The molecule has 0 atom stereocenters. The molecule has 0 N–H and O–H groups in total. The first-order valence-electron chi connectivity index (χ1n) is 3.77. The summed E-state index contributed by atoms with van der Waals surface area (Å²) in [5.74, 6) is -0.301. The first-order chi connectivity index (χ1) is 6.16. The number of hydrogen-bond acceptors (Lipinski definition) is 2. The lowest BCUT2D eigenvalue weighted by Gasteiger charge is -1.82. The Morgan fingerprint density at radius 2 is 1.92 bits per heavy atom. The summed E-state index contributed by atoms with van der Waals surface area (Å²) in [6, 6.07) is 10.3. The lowest BCUT2D eigenvalue weighted by Crippen LogP contribution is -1.76. The van der Waals surface area contributed by atoms with Gasteiger partial charge in [0, 0.05) is 6.92 Å². The number of carbonyl (C=O) groups is 1. The number of amides is 1. The fraction of sp³-hybridized carbons (Fsp3) is 0.200. The minimum Gasteiger partial charge on any atom is -0.272 e. The molecule has 3 heteroatoms. The molecular formula is C10H11NOS. The number of nitrogens with zero attached hydrogens (tertiary/aromatic N) is 1. The molecule has 1 aromatic carbocycles. The van der Waals surface area contributed by atoms with Gasteiger partial charge in [-0.3, -0.25) is 4.79 Å². The molecule has 0 spiro atoms. The number of hydrogen-bond donors (Lipinski definition) is 0. The molecule has 1 rings (SSSR count). The summed E-state index contributed by atoms with van der Waals surface area (Å²) in [6.07, 6.45) is 0. The second kappa shape index (κ2) is 7.35. The first-order valence-corrected chi connectivity index (χ1v) is 4.17. The van der Waals surface area contributed by atoms with Gasteiger partial charge in [-0.25, -0.2) is 0 Å². The highest BCUT2D eigenvalue weighted by Crippen LogP contribution is 1.92. The van der Waals surface area contributed by atoms with Crippen LogP contribution in [0, 0.1) is 6.92 Å². The second-order valence-electron chi connectivity index (χ2n) is 2.38. The molecule has 1 aromatic rings. The summed E-state index contributed by atoms with van der Waals surface area (Å²) in [6.45, 7) is 3.40. The fourth-order valence-electron chi connectivity index (χ4n) is 0.599. The van der Waals surface area contributed by atoms with Crippen molar-refractivity contribution in [3.8, 4) is 0 Å². The van der Waals surface area contributed by atoms with Gasteiger partial charge >= 0.3 is 0 Å². The normalized spacial score (nSPS) is 7.54. The molecule has 0 radical (unpaired) electrons. The van der Waals surface area contributed by atoms with Crippen molar-refractivity contribution in [1.29, 1.82) is 0 Å². The summed E-state index contributed by atoms with van der Waals surface area (Å²) < 4.78 is 0. The van der Waals surface area contributed by atoms with E-state index in [0.717, 1.165) is 0 Å². The van der Waals surface area contributed by atoms with Crippen LogP contribution in [0.25, 0.3) is 0 Å². The van der Waals surface area contributed by atoms with Crippen molar-refractivity contribution in [3.63, 3.8) is 0 Å². The van der Waals surface area contributed by atoms with E-state index in [1.807, 2.05) is 23.4 Å². The number of aliphatic imine (C=N–C) groups is 1. The number of rotatable bonds is 0. The van der Waals surface area contributed by atoms with Crippen LogP contribution >= 0.6 is 12.2 Å². The van der Waals surface area contributed by atoms with Crippen molar-refractivity contribution in [3.05, 3.63) is 35.9 Å². The first kappa shape index (κ1) is 11.7. The van der Waals surface area contributed by atoms with E-state index in [-0.39, 0.29) is 5.91 Å². The Balaban J connectivity index is 0.000000226. The molecule has 2 nitrogen and oxygen atoms in total. The van der Waals surface area contributed by atoms with Gasteiger partial charge in [0.25, 0.3) is 5.91 Å². The molecule has 13 heavy (non-hydrogen) atoms. The number of benzene rings is 1. The number of aryl methyl sites for hydroxylation is 1. The quantitative estimate of drug-likeness (QED) is 0.468. The number of thiocarbonyl (C=S) groups is 1. The molecule has 0 heterocycles. The fourth-order valence-corrected chi connectivity index (χ4v) is 0.727. The Labute approximate surface area is 83.3 Å². The lowest BCUT2D eigenvalue weighted by molar-refractivity contribution is -0.115. The third-order valence-electron chi connectivity index (χ3n) is 1.14. The summed E-state index contributed by atoms with van der Waals surface area (Å²) in [4.78, 5) is 12.8. The Kier molecular flexibility index (Phi) is 6.60. The van der Waals surface area contributed by atoms with Crippen LogP contribution in [0.3, 0.4) is 0 Å². The highest BCUT2D eigenvalue weighted by atomic mass is 32.1. The summed E-state index contributed by atoms with van der Waals surface area (Å²) in [5.41, 5.74) is 1.32. The Bertz CT molecular complexity index is 302. The van der Waals surface area contributed by atoms with Crippen molar-refractivity contribution in [2.24, 2.45) is 4.99 Å². The molecule has 1 amide bonds. The lowest BCUT2D eigenvalue weighted by atomic mass is 10.2. The van der Waals surface area contributed by atoms with Crippen LogP contribution in [0.5, 0.6) is 0 Å².